The minimum Gasteiger partial charge on any atom is -0.481 e. The fourth-order valence-corrected chi connectivity index (χ4v) is 4.59. The number of carbonyl (C=O) groups excluding carboxylic acids is 1. The van der Waals surface area contributed by atoms with E-state index in [0.29, 0.717) is 12.3 Å². The Morgan fingerprint density at radius 3 is 2.43 bits per heavy atom. The maximum absolute atomic E-state index is 12.7. The molecule has 0 aromatic heterocycles. The summed E-state index contributed by atoms with van der Waals surface area (Å²) in [6.45, 7) is 9.84. The van der Waals surface area contributed by atoms with Gasteiger partial charge in [-0.25, -0.2) is 0 Å². The summed E-state index contributed by atoms with van der Waals surface area (Å²) in [7, 11) is 0. The molecule has 2 fully saturated rings. The third-order valence-electron chi connectivity index (χ3n) is 6.15. The van der Waals surface area contributed by atoms with E-state index in [4.69, 9.17) is 21.1 Å². The number of hydrogen-bond donors (Lipinski definition) is 1. The lowest BCUT2D eigenvalue weighted by molar-refractivity contribution is -0.128. The summed E-state index contributed by atoms with van der Waals surface area (Å²) in [4.78, 5) is 15.3. The lowest BCUT2D eigenvalue weighted by Gasteiger charge is -2.48. The van der Waals surface area contributed by atoms with Crippen LogP contribution in [0.5, 0.6) is 5.75 Å². The zero-order valence-electron chi connectivity index (χ0n) is 17.4. The first-order valence-corrected chi connectivity index (χ1v) is 10.8. The van der Waals surface area contributed by atoms with Crippen molar-refractivity contribution < 1.29 is 14.3 Å². The van der Waals surface area contributed by atoms with E-state index in [9.17, 15) is 4.79 Å². The molecule has 3 rings (SSSR count). The zero-order valence-corrected chi connectivity index (χ0v) is 18.1. The van der Waals surface area contributed by atoms with Gasteiger partial charge in [0.15, 0.2) is 6.10 Å². The summed E-state index contributed by atoms with van der Waals surface area (Å²) in [5.74, 6) is 0.617. The second-order valence-corrected chi connectivity index (χ2v) is 8.61. The summed E-state index contributed by atoms with van der Waals surface area (Å²) in [6.07, 6.45) is 5.46. The number of benzene rings is 1. The first-order chi connectivity index (χ1) is 13.4. The number of rotatable bonds is 6. The average Bonchev–Trinajstić information content (AvgIpc) is 2.71. The number of halogens is 1. The van der Waals surface area contributed by atoms with E-state index in [1.165, 1.54) is 19.3 Å². The maximum atomic E-state index is 12.7. The number of nitrogens with zero attached hydrogens (tertiary/aromatic N) is 1. The number of aryl methyl sites for hydroxylation is 2. The van der Waals surface area contributed by atoms with Crippen LogP contribution in [-0.2, 0) is 9.53 Å². The van der Waals surface area contributed by atoms with Gasteiger partial charge in [0.25, 0.3) is 5.91 Å². The zero-order chi connectivity index (χ0) is 20.1. The molecule has 1 atom stereocenters. The molecule has 2 aliphatic rings. The van der Waals surface area contributed by atoms with Crippen molar-refractivity contribution in [1.29, 1.82) is 0 Å². The van der Waals surface area contributed by atoms with Gasteiger partial charge in [-0.1, -0.05) is 30.9 Å². The highest BCUT2D eigenvalue weighted by molar-refractivity contribution is 6.32. The maximum Gasteiger partial charge on any atom is 0.260 e. The van der Waals surface area contributed by atoms with Gasteiger partial charge in [0, 0.05) is 30.2 Å². The molecule has 28 heavy (non-hydrogen) atoms. The van der Waals surface area contributed by atoms with Gasteiger partial charge in [-0.15, -0.1) is 0 Å². The Morgan fingerprint density at radius 1 is 1.21 bits per heavy atom. The monoisotopic (exact) mass is 408 g/mol. The van der Waals surface area contributed by atoms with Crippen molar-refractivity contribution in [1.82, 2.24) is 10.2 Å². The first-order valence-electron chi connectivity index (χ1n) is 10.5. The van der Waals surface area contributed by atoms with Gasteiger partial charge in [-0.2, -0.15) is 0 Å². The Balaban J connectivity index is 1.60. The lowest BCUT2D eigenvalue weighted by atomic mass is 9.79. The number of morpholine rings is 1. The molecular weight excluding hydrogens is 376 g/mol. The molecule has 1 aromatic carbocycles. The minimum atomic E-state index is -0.551. The van der Waals surface area contributed by atoms with Gasteiger partial charge in [-0.05, 0) is 56.9 Å². The fourth-order valence-electron chi connectivity index (χ4n) is 4.48. The van der Waals surface area contributed by atoms with Crippen LogP contribution in [0.25, 0.3) is 0 Å². The molecule has 1 saturated carbocycles. The van der Waals surface area contributed by atoms with Crippen LogP contribution in [0.1, 0.15) is 50.2 Å². The van der Waals surface area contributed by atoms with E-state index in [2.05, 4.69) is 10.2 Å². The van der Waals surface area contributed by atoms with Crippen molar-refractivity contribution in [2.24, 2.45) is 0 Å². The lowest BCUT2D eigenvalue weighted by Crippen LogP contribution is -2.60. The highest BCUT2D eigenvalue weighted by atomic mass is 35.5. The molecule has 0 spiro atoms. The predicted molar refractivity (Wildman–Crippen MR) is 112 cm³/mol. The Labute approximate surface area is 173 Å². The van der Waals surface area contributed by atoms with Crippen LogP contribution in [0.3, 0.4) is 0 Å². The molecular formula is C22H33ClN2O3. The molecule has 1 saturated heterocycles. The molecule has 1 aromatic rings. The highest BCUT2D eigenvalue weighted by Gasteiger charge is 2.39. The Kier molecular flexibility index (Phi) is 7.24. The van der Waals surface area contributed by atoms with Crippen LogP contribution in [0.2, 0.25) is 5.02 Å². The van der Waals surface area contributed by atoms with E-state index in [-0.39, 0.29) is 11.4 Å². The second kappa shape index (κ2) is 9.47. The van der Waals surface area contributed by atoms with E-state index >= 15 is 0 Å². The molecule has 1 N–H and O–H groups in total. The second-order valence-electron chi connectivity index (χ2n) is 8.23. The minimum absolute atomic E-state index is 0.0604. The van der Waals surface area contributed by atoms with Gasteiger partial charge in [-0.3, -0.25) is 9.69 Å². The number of hydrogen-bond acceptors (Lipinski definition) is 4. The van der Waals surface area contributed by atoms with Gasteiger partial charge in [0.05, 0.1) is 13.2 Å². The smallest absolute Gasteiger partial charge is 0.260 e. The van der Waals surface area contributed by atoms with Crippen LogP contribution in [0, 0.1) is 13.8 Å². The van der Waals surface area contributed by atoms with Gasteiger partial charge >= 0.3 is 0 Å². The molecule has 1 heterocycles. The van der Waals surface area contributed by atoms with Crippen molar-refractivity contribution in [2.45, 2.75) is 64.5 Å². The van der Waals surface area contributed by atoms with Crippen molar-refractivity contribution in [3.8, 4) is 5.75 Å². The number of carbonyl (C=O) groups is 1. The average molecular weight is 409 g/mol. The van der Waals surface area contributed by atoms with Crippen LogP contribution in [-0.4, -0.2) is 55.3 Å². The van der Waals surface area contributed by atoms with Crippen LogP contribution < -0.4 is 10.1 Å². The van der Waals surface area contributed by atoms with E-state index in [1.807, 2.05) is 26.0 Å². The predicted octanol–water partition coefficient (Wildman–Crippen LogP) is 3.88. The highest BCUT2D eigenvalue weighted by Crippen LogP contribution is 2.34. The molecule has 1 aliphatic carbocycles. The van der Waals surface area contributed by atoms with Crippen molar-refractivity contribution in [3.05, 3.63) is 28.3 Å². The van der Waals surface area contributed by atoms with Gasteiger partial charge in [0.2, 0.25) is 0 Å². The normalized spacial score (nSPS) is 21.1. The van der Waals surface area contributed by atoms with Gasteiger partial charge < -0.3 is 14.8 Å². The molecule has 5 nitrogen and oxygen atoms in total. The molecule has 6 heteroatoms. The summed E-state index contributed by atoms with van der Waals surface area (Å²) >= 11 is 6.23. The van der Waals surface area contributed by atoms with E-state index < -0.39 is 6.10 Å². The number of amides is 1. The fraction of sp³-hybridized carbons (Fsp3) is 0.682. The third kappa shape index (κ3) is 5.00. The summed E-state index contributed by atoms with van der Waals surface area (Å²) in [5, 5.41) is 3.92. The van der Waals surface area contributed by atoms with Crippen molar-refractivity contribution in [2.75, 3.05) is 32.8 Å². The Morgan fingerprint density at radius 2 is 1.82 bits per heavy atom. The molecule has 0 bridgehead atoms. The van der Waals surface area contributed by atoms with Crippen molar-refractivity contribution >= 4 is 17.5 Å². The molecule has 1 amide bonds. The number of ether oxygens (including phenoxy) is 2. The quantitative estimate of drug-likeness (QED) is 0.776. The molecule has 0 radical (unpaired) electrons. The Bertz CT molecular complexity index is 659. The van der Waals surface area contributed by atoms with E-state index in [0.717, 1.165) is 55.3 Å². The largest absolute Gasteiger partial charge is 0.481 e. The summed E-state index contributed by atoms with van der Waals surface area (Å²) in [6, 6.07) is 3.77. The van der Waals surface area contributed by atoms with Crippen LogP contribution in [0.15, 0.2) is 12.1 Å². The van der Waals surface area contributed by atoms with Crippen LogP contribution >= 0.6 is 11.6 Å². The van der Waals surface area contributed by atoms with E-state index in [1.54, 1.807) is 6.92 Å². The summed E-state index contributed by atoms with van der Waals surface area (Å²) < 4.78 is 11.4. The number of nitrogens with one attached hydrogen (secondary N) is 1. The molecule has 0 unspecified atom stereocenters. The summed E-state index contributed by atoms with van der Waals surface area (Å²) in [5.41, 5.74) is 1.97. The Hall–Kier alpha value is -1.30. The standard InChI is InChI=1S/C22H33ClN2O3/c1-16-13-19(14-17(2)20(16)23)28-18(3)21(26)24-15-22(7-5-4-6-8-22)25-9-11-27-12-10-25/h13-14,18H,4-12,15H2,1-3H3,(H,24,26)/t18-/m1/s1. The van der Waals surface area contributed by atoms with Gasteiger partial charge in [0.1, 0.15) is 5.75 Å². The first kappa shape index (κ1) is 21.4. The SMILES string of the molecule is Cc1cc(O[C@H](C)C(=O)NCC2(N3CCOCC3)CCCCC2)cc(C)c1Cl. The third-order valence-corrected chi connectivity index (χ3v) is 6.75. The molecule has 156 valence electrons. The topological polar surface area (TPSA) is 50.8 Å². The van der Waals surface area contributed by atoms with Crippen molar-refractivity contribution in [3.63, 3.8) is 0 Å². The van der Waals surface area contributed by atoms with Crippen LogP contribution in [0.4, 0.5) is 0 Å². The molecule has 1 aliphatic heterocycles.